The van der Waals surface area contributed by atoms with Crippen molar-refractivity contribution < 1.29 is 28.2 Å². The monoisotopic (exact) mass is 423 g/mol. The highest BCUT2D eigenvalue weighted by atomic mass is 35.5. The second-order valence-electron chi connectivity index (χ2n) is 5.87. The molecule has 0 radical (unpaired) electrons. The van der Waals surface area contributed by atoms with Gasteiger partial charge in [0, 0.05) is 15.5 Å². The van der Waals surface area contributed by atoms with E-state index in [2.05, 4.69) is 5.32 Å². The highest BCUT2D eigenvalue weighted by Crippen LogP contribution is 2.38. The Morgan fingerprint density at radius 3 is 2.75 bits per heavy atom. The summed E-state index contributed by atoms with van der Waals surface area (Å²) >= 11 is 7.11. The summed E-state index contributed by atoms with van der Waals surface area (Å²) in [6.45, 7) is -0.546. The molecular formula is C19H15ClFNO5S. The normalized spacial score (nSPS) is 15.4. The standard InChI is InChI=1S/C19H15ClFNO5S/c1-26-15-4-2-10(6-12(15)21)14(23)9-27-18(24)8-17-19(25)22-13-7-11(20)3-5-16(13)28-17/h2-7,17H,8-9H2,1H3,(H,22,25). The zero-order valence-corrected chi connectivity index (χ0v) is 16.2. The smallest absolute Gasteiger partial charge is 0.307 e. The summed E-state index contributed by atoms with van der Waals surface area (Å²) in [6, 6.07) is 8.78. The molecule has 0 aromatic heterocycles. The average molecular weight is 424 g/mol. The second kappa shape index (κ2) is 8.62. The Morgan fingerprint density at radius 2 is 2.04 bits per heavy atom. The van der Waals surface area contributed by atoms with Crippen molar-refractivity contribution in [2.75, 3.05) is 19.0 Å². The van der Waals surface area contributed by atoms with E-state index in [-0.39, 0.29) is 23.6 Å². The molecule has 0 spiro atoms. The molecule has 1 aliphatic rings. The first-order valence-corrected chi connectivity index (χ1v) is 9.42. The fourth-order valence-electron chi connectivity index (χ4n) is 2.54. The van der Waals surface area contributed by atoms with Crippen molar-refractivity contribution in [3.63, 3.8) is 0 Å². The molecule has 1 unspecified atom stereocenters. The molecule has 6 nitrogen and oxygen atoms in total. The maximum Gasteiger partial charge on any atom is 0.307 e. The fraction of sp³-hybridized carbons (Fsp3) is 0.211. The first-order valence-electron chi connectivity index (χ1n) is 8.17. The van der Waals surface area contributed by atoms with Crippen molar-refractivity contribution in [1.82, 2.24) is 0 Å². The number of thioether (sulfide) groups is 1. The molecule has 0 saturated heterocycles. The molecule has 1 amide bonds. The van der Waals surface area contributed by atoms with Gasteiger partial charge in [-0.15, -0.1) is 11.8 Å². The Kier molecular flexibility index (Phi) is 6.21. The van der Waals surface area contributed by atoms with Crippen LogP contribution in [0.3, 0.4) is 0 Å². The van der Waals surface area contributed by atoms with Crippen LogP contribution in [-0.4, -0.2) is 36.6 Å². The number of nitrogens with one attached hydrogen (secondary N) is 1. The number of carbonyl (C=O) groups is 3. The third kappa shape index (κ3) is 4.63. The van der Waals surface area contributed by atoms with Gasteiger partial charge in [0.25, 0.3) is 0 Å². The van der Waals surface area contributed by atoms with Gasteiger partial charge in [-0.1, -0.05) is 11.6 Å². The predicted molar refractivity (Wildman–Crippen MR) is 103 cm³/mol. The van der Waals surface area contributed by atoms with Crippen LogP contribution in [0.5, 0.6) is 5.75 Å². The molecule has 0 fully saturated rings. The molecule has 1 N–H and O–H groups in total. The number of hydrogen-bond donors (Lipinski definition) is 1. The van der Waals surface area contributed by atoms with E-state index in [9.17, 15) is 18.8 Å². The largest absolute Gasteiger partial charge is 0.494 e. The topological polar surface area (TPSA) is 81.7 Å². The van der Waals surface area contributed by atoms with Crippen LogP contribution in [0.1, 0.15) is 16.8 Å². The number of esters is 1. The van der Waals surface area contributed by atoms with E-state index < -0.39 is 29.4 Å². The SMILES string of the molecule is COc1ccc(C(=O)COC(=O)CC2Sc3ccc(Cl)cc3NC2=O)cc1F. The number of halogens is 2. The van der Waals surface area contributed by atoms with Crippen molar-refractivity contribution in [1.29, 1.82) is 0 Å². The van der Waals surface area contributed by atoms with Crippen LogP contribution in [0.2, 0.25) is 5.02 Å². The first-order chi connectivity index (χ1) is 13.4. The minimum Gasteiger partial charge on any atom is -0.494 e. The van der Waals surface area contributed by atoms with Gasteiger partial charge in [-0.3, -0.25) is 14.4 Å². The molecule has 9 heteroatoms. The molecule has 146 valence electrons. The van der Waals surface area contributed by atoms with Gasteiger partial charge in [-0.25, -0.2) is 4.39 Å². The Hall–Kier alpha value is -2.58. The maximum atomic E-state index is 13.7. The van der Waals surface area contributed by atoms with Gasteiger partial charge in [0.2, 0.25) is 5.91 Å². The molecule has 1 aliphatic heterocycles. The van der Waals surface area contributed by atoms with Crippen LogP contribution in [-0.2, 0) is 14.3 Å². The quantitative estimate of drug-likeness (QED) is 0.563. The number of methoxy groups -OCH3 is 1. The number of rotatable bonds is 6. The molecule has 0 aliphatic carbocycles. The van der Waals surface area contributed by atoms with Crippen molar-refractivity contribution >= 4 is 46.7 Å². The molecule has 1 heterocycles. The van der Waals surface area contributed by atoms with E-state index in [0.717, 1.165) is 11.0 Å². The summed E-state index contributed by atoms with van der Waals surface area (Å²) < 4.78 is 23.4. The number of amides is 1. The van der Waals surface area contributed by atoms with Gasteiger partial charge < -0.3 is 14.8 Å². The van der Waals surface area contributed by atoms with E-state index in [1.165, 1.54) is 31.0 Å². The highest BCUT2D eigenvalue weighted by molar-refractivity contribution is 8.01. The summed E-state index contributed by atoms with van der Waals surface area (Å²) in [5.41, 5.74) is 0.644. The number of hydrogen-bond acceptors (Lipinski definition) is 6. The van der Waals surface area contributed by atoms with Crippen molar-refractivity contribution in [2.45, 2.75) is 16.6 Å². The number of Topliss-reactive ketones (excluding diaryl/α,β-unsaturated/α-hetero) is 1. The first kappa shape index (κ1) is 20.2. The number of ether oxygens (including phenoxy) is 2. The lowest BCUT2D eigenvalue weighted by atomic mass is 10.1. The van der Waals surface area contributed by atoms with Crippen LogP contribution in [0, 0.1) is 5.82 Å². The Morgan fingerprint density at radius 1 is 1.25 bits per heavy atom. The number of fused-ring (bicyclic) bond motifs is 1. The van der Waals surface area contributed by atoms with Gasteiger partial charge in [-0.05, 0) is 36.4 Å². The highest BCUT2D eigenvalue weighted by Gasteiger charge is 2.30. The zero-order valence-electron chi connectivity index (χ0n) is 14.7. The summed E-state index contributed by atoms with van der Waals surface area (Å²) in [6.07, 6.45) is -0.206. The lowest BCUT2D eigenvalue weighted by Crippen LogP contribution is -2.31. The van der Waals surface area contributed by atoms with Crippen molar-refractivity contribution in [3.05, 3.63) is 52.8 Å². The Bertz CT molecular complexity index is 952. The molecule has 3 rings (SSSR count). The van der Waals surface area contributed by atoms with Gasteiger partial charge in [-0.2, -0.15) is 0 Å². The zero-order chi connectivity index (χ0) is 20.3. The molecular weight excluding hydrogens is 409 g/mol. The van der Waals surface area contributed by atoms with E-state index in [0.29, 0.717) is 10.7 Å². The minimum atomic E-state index is -0.701. The summed E-state index contributed by atoms with van der Waals surface area (Å²) in [4.78, 5) is 37.1. The van der Waals surface area contributed by atoms with Crippen LogP contribution in [0.25, 0.3) is 0 Å². The molecule has 28 heavy (non-hydrogen) atoms. The number of ketones is 1. The number of carbonyl (C=O) groups excluding carboxylic acids is 3. The minimum absolute atomic E-state index is 0.00968. The maximum absolute atomic E-state index is 13.7. The van der Waals surface area contributed by atoms with E-state index in [1.807, 2.05) is 0 Å². The van der Waals surface area contributed by atoms with Gasteiger partial charge in [0.05, 0.1) is 24.5 Å². The van der Waals surface area contributed by atoms with Gasteiger partial charge in [0.1, 0.15) is 0 Å². The Balaban J connectivity index is 1.55. The van der Waals surface area contributed by atoms with Crippen LogP contribution in [0.4, 0.5) is 10.1 Å². The summed E-state index contributed by atoms with van der Waals surface area (Å²) in [5.74, 6) is -2.28. The Labute approximate surface area is 169 Å². The summed E-state index contributed by atoms with van der Waals surface area (Å²) in [7, 11) is 1.31. The second-order valence-corrected chi connectivity index (χ2v) is 7.55. The third-order valence-corrected chi connectivity index (χ3v) is 5.46. The number of benzene rings is 2. The lowest BCUT2D eigenvalue weighted by molar-refractivity contribution is -0.143. The molecule has 0 saturated carbocycles. The van der Waals surface area contributed by atoms with Crippen LogP contribution in [0.15, 0.2) is 41.3 Å². The molecule has 0 bridgehead atoms. The van der Waals surface area contributed by atoms with Crippen LogP contribution >= 0.6 is 23.4 Å². The van der Waals surface area contributed by atoms with Crippen LogP contribution < -0.4 is 10.1 Å². The van der Waals surface area contributed by atoms with E-state index in [1.54, 1.807) is 18.2 Å². The van der Waals surface area contributed by atoms with E-state index in [4.69, 9.17) is 21.1 Å². The predicted octanol–water partition coefficient (Wildman–Crippen LogP) is 3.72. The van der Waals surface area contributed by atoms with Gasteiger partial charge in [0.15, 0.2) is 24.0 Å². The van der Waals surface area contributed by atoms with E-state index >= 15 is 0 Å². The van der Waals surface area contributed by atoms with Crippen molar-refractivity contribution in [2.24, 2.45) is 0 Å². The van der Waals surface area contributed by atoms with Gasteiger partial charge >= 0.3 is 5.97 Å². The average Bonchev–Trinajstić information content (AvgIpc) is 2.66. The molecule has 1 atom stereocenters. The lowest BCUT2D eigenvalue weighted by Gasteiger charge is -2.23. The summed E-state index contributed by atoms with van der Waals surface area (Å²) in [5, 5.41) is 2.50. The molecule has 2 aromatic rings. The van der Waals surface area contributed by atoms with Crippen molar-refractivity contribution in [3.8, 4) is 5.75 Å². The third-order valence-electron chi connectivity index (χ3n) is 3.95. The fourth-order valence-corrected chi connectivity index (χ4v) is 3.78. The number of anilines is 1. The molecule has 2 aromatic carbocycles.